The minimum atomic E-state index is -0.219. The van der Waals surface area contributed by atoms with Crippen LogP contribution in [-0.2, 0) is 6.42 Å². The number of nitrogen functional groups attached to an aromatic ring is 1. The Morgan fingerprint density at radius 2 is 1.92 bits per heavy atom. The third-order valence-corrected chi connectivity index (χ3v) is 4.60. The second-order valence-corrected chi connectivity index (χ2v) is 7.24. The highest BCUT2D eigenvalue weighted by atomic mass is 16.5. The molecule has 4 heteroatoms. The lowest BCUT2D eigenvalue weighted by atomic mass is 9.83. The number of fused-ring (bicyclic) bond motifs is 1. The van der Waals surface area contributed by atoms with Crippen molar-refractivity contribution in [3.8, 4) is 5.75 Å². The molecular formula is C21H24N2O2. The molecular weight excluding hydrogens is 312 g/mol. The second-order valence-electron chi connectivity index (χ2n) is 7.24. The van der Waals surface area contributed by atoms with Crippen molar-refractivity contribution in [1.82, 2.24) is 0 Å². The predicted molar refractivity (Wildman–Crippen MR) is 102 cm³/mol. The number of ether oxygens (including phenoxy) is 1. The molecule has 0 saturated heterocycles. The lowest BCUT2D eigenvalue weighted by Gasteiger charge is -2.30. The van der Waals surface area contributed by atoms with E-state index in [1.54, 1.807) is 31.4 Å². The molecule has 1 aliphatic heterocycles. The minimum absolute atomic E-state index is 0.0443. The van der Waals surface area contributed by atoms with Crippen LogP contribution in [0.15, 0.2) is 41.4 Å². The summed E-state index contributed by atoms with van der Waals surface area (Å²) in [6, 6.07) is 11.1. The van der Waals surface area contributed by atoms with E-state index in [1.165, 1.54) is 11.1 Å². The number of aliphatic imine (C=N–C) groups is 1. The molecule has 0 aliphatic carbocycles. The van der Waals surface area contributed by atoms with E-state index in [2.05, 4.69) is 20.8 Å². The van der Waals surface area contributed by atoms with Gasteiger partial charge < -0.3 is 10.5 Å². The van der Waals surface area contributed by atoms with Gasteiger partial charge in [-0.1, -0.05) is 0 Å². The standard InChI is InChI=1S/C21H24N2O2/c1-13-9-16(25-4)10-17-18(13)12-21(2,3)23-19(17)11-20(24)14-5-7-15(22)8-6-14/h5-10H,11-12,22H2,1-4H3. The molecule has 0 bridgehead atoms. The van der Waals surface area contributed by atoms with Crippen LogP contribution in [0.4, 0.5) is 5.69 Å². The molecule has 2 aromatic rings. The molecule has 4 nitrogen and oxygen atoms in total. The van der Waals surface area contributed by atoms with Crippen molar-refractivity contribution in [3.63, 3.8) is 0 Å². The van der Waals surface area contributed by atoms with E-state index in [1.807, 2.05) is 12.1 Å². The van der Waals surface area contributed by atoms with Gasteiger partial charge in [0.1, 0.15) is 5.75 Å². The fourth-order valence-corrected chi connectivity index (χ4v) is 3.35. The molecule has 25 heavy (non-hydrogen) atoms. The van der Waals surface area contributed by atoms with Gasteiger partial charge in [-0.15, -0.1) is 0 Å². The zero-order valence-electron chi connectivity index (χ0n) is 15.2. The Hall–Kier alpha value is -2.62. The maximum atomic E-state index is 12.7. The van der Waals surface area contributed by atoms with Crippen LogP contribution in [0.1, 0.15) is 47.3 Å². The summed E-state index contributed by atoms with van der Waals surface area (Å²) in [6.45, 7) is 6.29. The Bertz CT molecular complexity index is 849. The van der Waals surface area contributed by atoms with Crippen LogP contribution >= 0.6 is 0 Å². The lowest BCUT2D eigenvalue weighted by molar-refractivity contribution is 0.100. The lowest BCUT2D eigenvalue weighted by Crippen LogP contribution is -2.30. The van der Waals surface area contributed by atoms with Crippen molar-refractivity contribution in [2.24, 2.45) is 4.99 Å². The number of rotatable bonds is 4. The van der Waals surface area contributed by atoms with E-state index in [0.717, 1.165) is 23.4 Å². The van der Waals surface area contributed by atoms with Crippen molar-refractivity contribution < 1.29 is 9.53 Å². The van der Waals surface area contributed by atoms with Crippen LogP contribution in [0.5, 0.6) is 5.75 Å². The van der Waals surface area contributed by atoms with E-state index in [4.69, 9.17) is 15.5 Å². The van der Waals surface area contributed by atoms with Gasteiger partial charge in [0, 0.05) is 16.8 Å². The van der Waals surface area contributed by atoms with Crippen LogP contribution in [0, 0.1) is 6.92 Å². The molecule has 0 aromatic heterocycles. The quantitative estimate of drug-likeness (QED) is 0.678. The summed E-state index contributed by atoms with van der Waals surface area (Å²) in [5.41, 5.74) is 11.1. The number of hydrogen-bond donors (Lipinski definition) is 1. The van der Waals surface area contributed by atoms with E-state index in [-0.39, 0.29) is 17.7 Å². The molecule has 0 atom stereocenters. The summed E-state index contributed by atoms with van der Waals surface area (Å²) in [4.78, 5) is 17.6. The first-order valence-corrected chi connectivity index (χ1v) is 8.44. The minimum Gasteiger partial charge on any atom is -0.497 e. The zero-order chi connectivity index (χ0) is 18.2. The molecule has 3 rings (SSSR count). The number of nitrogens with zero attached hydrogens (tertiary/aromatic N) is 1. The van der Waals surface area contributed by atoms with Crippen LogP contribution in [0.2, 0.25) is 0 Å². The van der Waals surface area contributed by atoms with Gasteiger partial charge in [-0.3, -0.25) is 9.79 Å². The van der Waals surface area contributed by atoms with Crippen LogP contribution < -0.4 is 10.5 Å². The van der Waals surface area contributed by atoms with Gasteiger partial charge in [-0.05, 0) is 74.7 Å². The highest BCUT2D eigenvalue weighted by Crippen LogP contribution is 2.33. The number of hydrogen-bond acceptors (Lipinski definition) is 4. The van der Waals surface area contributed by atoms with E-state index in [9.17, 15) is 4.79 Å². The van der Waals surface area contributed by atoms with Gasteiger partial charge in [0.05, 0.1) is 24.8 Å². The number of Topliss-reactive ketones (excluding diaryl/α,β-unsaturated/α-hetero) is 1. The van der Waals surface area contributed by atoms with Gasteiger partial charge in [0.15, 0.2) is 5.78 Å². The number of anilines is 1. The van der Waals surface area contributed by atoms with E-state index < -0.39 is 0 Å². The number of benzene rings is 2. The molecule has 0 fully saturated rings. The van der Waals surface area contributed by atoms with E-state index >= 15 is 0 Å². The van der Waals surface area contributed by atoms with Crippen molar-refractivity contribution >= 4 is 17.2 Å². The third-order valence-electron chi connectivity index (χ3n) is 4.60. The van der Waals surface area contributed by atoms with Gasteiger partial charge in [-0.2, -0.15) is 0 Å². The summed E-state index contributed by atoms with van der Waals surface area (Å²) in [6.07, 6.45) is 1.13. The summed E-state index contributed by atoms with van der Waals surface area (Å²) in [5, 5.41) is 0. The molecule has 0 unspecified atom stereocenters. The molecule has 0 saturated carbocycles. The van der Waals surface area contributed by atoms with Crippen molar-refractivity contribution in [1.29, 1.82) is 0 Å². The van der Waals surface area contributed by atoms with Crippen LogP contribution in [0.3, 0.4) is 0 Å². The van der Waals surface area contributed by atoms with Crippen molar-refractivity contribution in [2.75, 3.05) is 12.8 Å². The van der Waals surface area contributed by atoms with E-state index in [0.29, 0.717) is 11.3 Å². The first kappa shape index (κ1) is 17.2. The fourth-order valence-electron chi connectivity index (χ4n) is 3.35. The monoisotopic (exact) mass is 336 g/mol. The number of carbonyl (C=O) groups excluding carboxylic acids is 1. The smallest absolute Gasteiger partial charge is 0.168 e. The Morgan fingerprint density at radius 1 is 1.24 bits per heavy atom. The highest BCUT2D eigenvalue weighted by Gasteiger charge is 2.29. The molecule has 130 valence electrons. The van der Waals surface area contributed by atoms with Crippen molar-refractivity contribution in [2.45, 2.75) is 39.2 Å². The summed E-state index contributed by atoms with van der Waals surface area (Å²) < 4.78 is 5.41. The molecule has 0 amide bonds. The Labute approximate surface area is 148 Å². The Kier molecular flexibility index (Phi) is 4.38. The average Bonchev–Trinajstić information content (AvgIpc) is 2.55. The Morgan fingerprint density at radius 3 is 2.56 bits per heavy atom. The second kappa shape index (κ2) is 6.36. The third kappa shape index (κ3) is 3.58. The van der Waals surface area contributed by atoms with Crippen LogP contribution in [-0.4, -0.2) is 24.1 Å². The SMILES string of the molecule is COc1cc(C)c2c(c1)C(CC(=O)c1ccc(N)cc1)=NC(C)(C)C2. The molecule has 2 aromatic carbocycles. The highest BCUT2D eigenvalue weighted by molar-refractivity contribution is 6.17. The summed E-state index contributed by atoms with van der Waals surface area (Å²) in [5.74, 6) is 0.839. The van der Waals surface area contributed by atoms with Gasteiger partial charge in [-0.25, -0.2) is 0 Å². The van der Waals surface area contributed by atoms with Crippen LogP contribution in [0.25, 0.3) is 0 Å². The van der Waals surface area contributed by atoms with Gasteiger partial charge in [0.2, 0.25) is 0 Å². The number of methoxy groups -OCH3 is 1. The fraction of sp³-hybridized carbons (Fsp3) is 0.333. The summed E-state index contributed by atoms with van der Waals surface area (Å²) >= 11 is 0. The normalized spacial score (nSPS) is 15.3. The average molecular weight is 336 g/mol. The summed E-state index contributed by atoms with van der Waals surface area (Å²) in [7, 11) is 1.66. The van der Waals surface area contributed by atoms with Gasteiger partial charge >= 0.3 is 0 Å². The van der Waals surface area contributed by atoms with Crippen molar-refractivity contribution in [3.05, 3.63) is 58.7 Å². The zero-order valence-corrected chi connectivity index (χ0v) is 15.2. The first-order valence-electron chi connectivity index (χ1n) is 8.44. The molecule has 0 spiro atoms. The molecule has 0 radical (unpaired) electrons. The topological polar surface area (TPSA) is 64.7 Å². The molecule has 1 aliphatic rings. The number of ketones is 1. The predicted octanol–water partition coefficient (Wildman–Crippen LogP) is 3.98. The van der Waals surface area contributed by atoms with Gasteiger partial charge in [0.25, 0.3) is 0 Å². The molecule has 2 N–H and O–H groups in total. The first-order chi connectivity index (χ1) is 11.8. The maximum absolute atomic E-state index is 12.7. The largest absolute Gasteiger partial charge is 0.497 e. The number of nitrogens with two attached hydrogens (primary N) is 1. The Balaban J connectivity index is 2.00. The maximum Gasteiger partial charge on any atom is 0.168 e. The number of carbonyl (C=O) groups is 1. The number of aryl methyl sites for hydroxylation is 1. The molecule has 1 heterocycles.